The van der Waals surface area contributed by atoms with Crippen LogP contribution in [-0.2, 0) is 4.79 Å². The second kappa shape index (κ2) is 6.55. The van der Waals surface area contributed by atoms with E-state index in [1.54, 1.807) is 12.1 Å². The van der Waals surface area contributed by atoms with Crippen molar-refractivity contribution in [2.24, 2.45) is 0 Å². The molecule has 1 aromatic rings. The summed E-state index contributed by atoms with van der Waals surface area (Å²) in [5.41, 5.74) is 0.452. The Morgan fingerprint density at radius 3 is 2.50 bits per heavy atom. The third-order valence-electron chi connectivity index (χ3n) is 1.24. The number of carboxylic acid groups (broad SMARTS) is 1. The van der Waals surface area contributed by atoms with Crippen LogP contribution in [0.25, 0.3) is 0 Å². The van der Waals surface area contributed by atoms with Gasteiger partial charge in [0.1, 0.15) is 0 Å². The third kappa shape index (κ3) is 4.54. The van der Waals surface area contributed by atoms with Gasteiger partial charge >= 0.3 is 43.7 Å². The molecule has 0 atom stereocenters. The van der Waals surface area contributed by atoms with E-state index in [0.717, 1.165) is 0 Å². The Labute approximate surface area is 121 Å². The molecule has 0 aromatic heterocycles. The van der Waals surface area contributed by atoms with Crippen molar-refractivity contribution in [1.29, 1.82) is 0 Å². The minimum atomic E-state index is -1.19. The van der Waals surface area contributed by atoms with Gasteiger partial charge in [0.15, 0.2) is 0 Å². The van der Waals surface area contributed by atoms with Crippen molar-refractivity contribution in [3.8, 4) is 11.8 Å². The summed E-state index contributed by atoms with van der Waals surface area (Å²) in [6.07, 6.45) is 0. The molecule has 0 heterocycles. The van der Waals surface area contributed by atoms with Crippen molar-refractivity contribution in [1.82, 2.24) is 0 Å². The molecular weight excluding hydrogens is 251 g/mol. The number of rotatable bonds is 0. The van der Waals surface area contributed by atoms with E-state index >= 15 is 0 Å². The van der Waals surface area contributed by atoms with E-state index < -0.39 is 5.97 Å². The zero-order valence-corrected chi connectivity index (χ0v) is 7.86. The zero-order valence-electron chi connectivity index (χ0n) is 6.34. The van der Waals surface area contributed by atoms with Crippen LogP contribution in [0.1, 0.15) is 5.56 Å². The van der Waals surface area contributed by atoms with E-state index in [0.29, 0.717) is 15.6 Å². The van der Waals surface area contributed by atoms with Gasteiger partial charge in [0.2, 0.25) is 0 Å². The first-order chi connectivity index (χ1) is 6.09. The first-order valence-corrected chi connectivity index (χ1v) is 4.05. The van der Waals surface area contributed by atoms with Crippen LogP contribution in [0, 0.1) is 11.8 Å². The van der Waals surface area contributed by atoms with Gasteiger partial charge in [-0.1, -0.05) is 29.1 Å². The Balaban J connectivity index is 0.00000169. The Kier molecular flexibility index (Phi) is 6.59. The number of aliphatic carboxylic acids is 1. The number of hydrogen-bond donors (Lipinski definition) is 1. The molecule has 1 rings (SSSR count). The summed E-state index contributed by atoms with van der Waals surface area (Å²) in [4.78, 5) is 10.1. The Hall–Kier alpha value is 0.0897. The van der Waals surface area contributed by atoms with E-state index in [2.05, 4.69) is 5.92 Å². The fourth-order valence-electron chi connectivity index (χ4n) is 0.712. The second-order valence-electron chi connectivity index (χ2n) is 2.18. The minimum absolute atomic E-state index is 0. The van der Waals surface area contributed by atoms with Crippen molar-refractivity contribution >= 4 is 66.9 Å². The molecule has 70 valence electrons. The van der Waals surface area contributed by atoms with Gasteiger partial charge in [-0.3, -0.25) is 0 Å². The van der Waals surface area contributed by atoms with Crippen molar-refractivity contribution in [3.63, 3.8) is 0 Å². The normalized spacial score (nSPS) is 8.14. The molecule has 0 amide bonds. The standard InChI is InChI=1S/C9H4Cl2O2.Ca.2H/c10-7-3-1-6(8(11)5-7)2-4-9(12)13;;;/h1,3,5H,(H,12,13);;;. The summed E-state index contributed by atoms with van der Waals surface area (Å²) in [6, 6.07) is 4.68. The molecule has 0 bridgehead atoms. The Morgan fingerprint density at radius 1 is 1.36 bits per heavy atom. The molecule has 0 aliphatic rings. The molecule has 2 nitrogen and oxygen atoms in total. The summed E-state index contributed by atoms with van der Waals surface area (Å²) in [7, 11) is 0. The zero-order chi connectivity index (χ0) is 9.84. The van der Waals surface area contributed by atoms with E-state index in [4.69, 9.17) is 28.3 Å². The second-order valence-corrected chi connectivity index (χ2v) is 3.02. The molecule has 0 saturated carbocycles. The van der Waals surface area contributed by atoms with E-state index in [1.807, 2.05) is 5.92 Å². The fourth-order valence-corrected chi connectivity index (χ4v) is 1.17. The summed E-state index contributed by atoms with van der Waals surface area (Å²) in [5.74, 6) is 3.17. The van der Waals surface area contributed by atoms with Crippen molar-refractivity contribution in [3.05, 3.63) is 33.8 Å². The number of carbonyl (C=O) groups is 1. The fraction of sp³-hybridized carbons (Fsp3) is 0. The molecule has 0 fully saturated rings. The third-order valence-corrected chi connectivity index (χ3v) is 1.78. The predicted octanol–water partition coefficient (Wildman–Crippen LogP) is 1.51. The van der Waals surface area contributed by atoms with Crippen molar-refractivity contribution in [2.45, 2.75) is 0 Å². The average molecular weight is 257 g/mol. The molecule has 0 unspecified atom stereocenters. The molecule has 0 radical (unpaired) electrons. The van der Waals surface area contributed by atoms with Gasteiger partial charge in [0, 0.05) is 16.5 Å². The topological polar surface area (TPSA) is 37.3 Å². The average Bonchev–Trinajstić information content (AvgIpc) is 2.02. The van der Waals surface area contributed by atoms with Crippen molar-refractivity contribution in [2.75, 3.05) is 0 Å². The van der Waals surface area contributed by atoms with Gasteiger partial charge in [0.05, 0.1) is 5.02 Å². The molecular formula is C9H6CaCl2O2. The van der Waals surface area contributed by atoms with Gasteiger partial charge in [-0.25, -0.2) is 4.79 Å². The van der Waals surface area contributed by atoms with Gasteiger partial charge in [-0.15, -0.1) is 0 Å². The molecule has 0 aliphatic heterocycles. The SMILES string of the molecule is O=C(O)C#Cc1ccc(Cl)cc1Cl.[CaH2]. The van der Waals surface area contributed by atoms with Crippen LogP contribution in [0.2, 0.25) is 10.0 Å². The first kappa shape index (κ1) is 14.1. The molecule has 0 aliphatic carbocycles. The monoisotopic (exact) mass is 256 g/mol. The van der Waals surface area contributed by atoms with Crippen LogP contribution < -0.4 is 0 Å². The number of carboxylic acids is 1. The molecule has 5 heteroatoms. The molecule has 1 aromatic carbocycles. The predicted molar refractivity (Wildman–Crippen MR) is 59.5 cm³/mol. The molecule has 0 saturated heterocycles. The summed E-state index contributed by atoms with van der Waals surface area (Å²) >= 11 is 11.4. The van der Waals surface area contributed by atoms with Gasteiger partial charge in [-0.05, 0) is 18.2 Å². The van der Waals surface area contributed by atoms with E-state index in [9.17, 15) is 4.79 Å². The summed E-state index contributed by atoms with van der Waals surface area (Å²) in [6.45, 7) is 0. The number of halogens is 2. The van der Waals surface area contributed by atoms with E-state index in [-0.39, 0.29) is 37.7 Å². The maximum atomic E-state index is 10.1. The van der Waals surface area contributed by atoms with Crippen LogP contribution in [-0.4, -0.2) is 48.8 Å². The maximum absolute atomic E-state index is 10.1. The van der Waals surface area contributed by atoms with Crippen LogP contribution in [0.4, 0.5) is 0 Å². The quantitative estimate of drug-likeness (QED) is 0.565. The van der Waals surface area contributed by atoms with Gasteiger partial charge in [0.25, 0.3) is 0 Å². The first-order valence-electron chi connectivity index (χ1n) is 3.29. The van der Waals surface area contributed by atoms with Gasteiger partial charge in [-0.2, -0.15) is 0 Å². The van der Waals surface area contributed by atoms with E-state index in [1.165, 1.54) is 6.07 Å². The van der Waals surface area contributed by atoms with Crippen LogP contribution in [0.5, 0.6) is 0 Å². The number of benzene rings is 1. The Morgan fingerprint density at radius 2 is 2.00 bits per heavy atom. The number of hydrogen-bond acceptors (Lipinski definition) is 1. The van der Waals surface area contributed by atoms with Crippen LogP contribution >= 0.6 is 23.2 Å². The molecule has 1 N–H and O–H groups in total. The van der Waals surface area contributed by atoms with Crippen LogP contribution in [0.15, 0.2) is 18.2 Å². The molecule has 14 heavy (non-hydrogen) atoms. The molecule has 0 spiro atoms. The Bertz CT molecular complexity index is 407. The van der Waals surface area contributed by atoms with Crippen LogP contribution in [0.3, 0.4) is 0 Å². The summed E-state index contributed by atoms with van der Waals surface area (Å²) in [5, 5.41) is 9.12. The summed E-state index contributed by atoms with van der Waals surface area (Å²) < 4.78 is 0. The van der Waals surface area contributed by atoms with Gasteiger partial charge < -0.3 is 5.11 Å². The van der Waals surface area contributed by atoms with Crippen molar-refractivity contribution < 1.29 is 9.90 Å².